The number of likely N-dealkylation sites (N-methyl/N-ethyl adjacent to an activating group) is 1. The molecule has 1 saturated heterocycles. The second-order valence-electron chi connectivity index (χ2n) is 4.60. The fraction of sp³-hybridized carbons (Fsp3) is 0.667. The van der Waals surface area contributed by atoms with E-state index in [1.807, 2.05) is 12.3 Å². The summed E-state index contributed by atoms with van der Waals surface area (Å²) in [5.41, 5.74) is 0. The van der Waals surface area contributed by atoms with E-state index in [0.717, 1.165) is 26.2 Å². The Bertz CT molecular complexity index is 296. The second-order valence-corrected chi connectivity index (χ2v) is 4.60. The van der Waals surface area contributed by atoms with E-state index in [9.17, 15) is 0 Å². The fourth-order valence-corrected chi connectivity index (χ4v) is 2.21. The molecular formula is C12H22N4. The molecule has 2 rings (SSSR count). The number of aromatic amines is 1. The number of hydrogen-bond acceptors (Lipinski definition) is 3. The summed E-state index contributed by atoms with van der Waals surface area (Å²) in [6.07, 6.45) is 3.18. The maximum absolute atomic E-state index is 3.46. The standard InChI is InChI=1S/C12H22N4/c1-15-9-7-13-10-11(15)5-8-16(2)12-4-3-6-14-12/h3-4,6,11,13-14H,5,7-10H2,1-2H3. The summed E-state index contributed by atoms with van der Waals surface area (Å²) in [4.78, 5) is 7.97. The third-order valence-corrected chi connectivity index (χ3v) is 3.44. The molecule has 0 amide bonds. The van der Waals surface area contributed by atoms with E-state index < -0.39 is 0 Å². The van der Waals surface area contributed by atoms with Crippen LogP contribution in [0.2, 0.25) is 0 Å². The van der Waals surface area contributed by atoms with Gasteiger partial charge in [0.05, 0.1) is 0 Å². The summed E-state index contributed by atoms with van der Waals surface area (Å²) in [6.45, 7) is 4.50. The summed E-state index contributed by atoms with van der Waals surface area (Å²) in [6, 6.07) is 4.83. The number of anilines is 1. The highest BCUT2D eigenvalue weighted by atomic mass is 15.2. The van der Waals surface area contributed by atoms with Crippen LogP contribution in [0.1, 0.15) is 6.42 Å². The number of hydrogen-bond donors (Lipinski definition) is 2. The van der Waals surface area contributed by atoms with Crippen LogP contribution in [0, 0.1) is 0 Å². The van der Waals surface area contributed by atoms with Gasteiger partial charge in [-0.2, -0.15) is 0 Å². The van der Waals surface area contributed by atoms with Crippen molar-refractivity contribution in [2.45, 2.75) is 12.5 Å². The van der Waals surface area contributed by atoms with Crippen molar-refractivity contribution in [3.05, 3.63) is 18.3 Å². The zero-order valence-electron chi connectivity index (χ0n) is 10.2. The molecule has 0 aliphatic carbocycles. The molecule has 1 aromatic rings. The first kappa shape index (κ1) is 11.5. The Labute approximate surface area is 97.6 Å². The second kappa shape index (κ2) is 5.37. The highest BCUT2D eigenvalue weighted by molar-refractivity contribution is 5.37. The molecule has 1 unspecified atom stereocenters. The third-order valence-electron chi connectivity index (χ3n) is 3.44. The van der Waals surface area contributed by atoms with Gasteiger partial charge in [-0.25, -0.2) is 0 Å². The van der Waals surface area contributed by atoms with Crippen LogP contribution in [0.4, 0.5) is 5.82 Å². The van der Waals surface area contributed by atoms with E-state index in [0.29, 0.717) is 6.04 Å². The van der Waals surface area contributed by atoms with Crippen molar-refractivity contribution in [3.8, 4) is 0 Å². The highest BCUT2D eigenvalue weighted by Gasteiger charge is 2.18. The molecule has 4 nitrogen and oxygen atoms in total. The van der Waals surface area contributed by atoms with E-state index in [4.69, 9.17) is 0 Å². The Morgan fingerprint density at radius 1 is 1.56 bits per heavy atom. The Kier molecular flexibility index (Phi) is 3.85. The number of H-pyrrole nitrogens is 1. The number of nitrogens with zero attached hydrogens (tertiary/aromatic N) is 2. The first-order valence-corrected chi connectivity index (χ1v) is 6.03. The van der Waals surface area contributed by atoms with E-state index in [1.54, 1.807) is 0 Å². The topological polar surface area (TPSA) is 34.3 Å². The molecule has 1 aliphatic rings. The average Bonchev–Trinajstić information content (AvgIpc) is 2.81. The van der Waals surface area contributed by atoms with Crippen LogP contribution in [-0.4, -0.2) is 56.2 Å². The van der Waals surface area contributed by atoms with Crippen molar-refractivity contribution in [1.82, 2.24) is 15.2 Å². The van der Waals surface area contributed by atoms with Gasteiger partial charge in [-0.3, -0.25) is 0 Å². The minimum absolute atomic E-state index is 0.672. The summed E-state index contributed by atoms with van der Waals surface area (Å²) in [5, 5.41) is 3.46. The molecule has 2 N–H and O–H groups in total. The Morgan fingerprint density at radius 2 is 2.44 bits per heavy atom. The maximum atomic E-state index is 3.46. The molecular weight excluding hydrogens is 200 g/mol. The van der Waals surface area contributed by atoms with Crippen molar-refractivity contribution in [2.24, 2.45) is 0 Å². The molecule has 0 aromatic carbocycles. The molecule has 1 fully saturated rings. The molecule has 1 atom stereocenters. The minimum atomic E-state index is 0.672. The van der Waals surface area contributed by atoms with E-state index in [2.05, 4.69) is 40.3 Å². The average molecular weight is 222 g/mol. The molecule has 1 aliphatic heterocycles. The first-order valence-electron chi connectivity index (χ1n) is 6.03. The largest absolute Gasteiger partial charge is 0.361 e. The minimum Gasteiger partial charge on any atom is -0.361 e. The number of aromatic nitrogens is 1. The van der Waals surface area contributed by atoms with E-state index >= 15 is 0 Å². The van der Waals surface area contributed by atoms with Crippen LogP contribution in [0.5, 0.6) is 0 Å². The van der Waals surface area contributed by atoms with Crippen LogP contribution < -0.4 is 10.2 Å². The Balaban J connectivity index is 1.78. The fourth-order valence-electron chi connectivity index (χ4n) is 2.21. The van der Waals surface area contributed by atoms with E-state index in [-0.39, 0.29) is 0 Å². The molecule has 2 heterocycles. The van der Waals surface area contributed by atoms with Gasteiger partial charge in [-0.05, 0) is 25.6 Å². The summed E-state index contributed by atoms with van der Waals surface area (Å²) in [5.74, 6) is 1.20. The van der Waals surface area contributed by atoms with Gasteiger partial charge in [-0.15, -0.1) is 0 Å². The van der Waals surface area contributed by atoms with Gasteiger partial charge in [0.25, 0.3) is 0 Å². The van der Waals surface area contributed by atoms with Gasteiger partial charge in [0.2, 0.25) is 0 Å². The monoisotopic (exact) mass is 222 g/mol. The summed E-state index contributed by atoms with van der Waals surface area (Å²) in [7, 11) is 4.36. The molecule has 0 bridgehead atoms. The number of rotatable bonds is 4. The molecule has 16 heavy (non-hydrogen) atoms. The smallest absolute Gasteiger partial charge is 0.105 e. The maximum Gasteiger partial charge on any atom is 0.105 e. The summed E-state index contributed by atoms with van der Waals surface area (Å²) >= 11 is 0. The van der Waals surface area contributed by atoms with Crippen LogP contribution in [0.3, 0.4) is 0 Å². The van der Waals surface area contributed by atoms with E-state index in [1.165, 1.54) is 12.2 Å². The molecule has 0 radical (unpaired) electrons. The zero-order valence-corrected chi connectivity index (χ0v) is 10.2. The van der Waals surface area contributed by atoms with Crippen molar-refractivity contribution >= 4 is 5.82 Å². The quantitative estimate of drug-likeness (QED) is 0.789. The number of piperazine rings is 1. The summed E-state index contributed by atoms with van der Waals surface area (Å²) < 4.78 is 0. The molecule has 0 spiro atoms. The lowest BCUT2D eigenvalue weighted by Crippen LogP contribution is -2.50. The Hall–Kier alpha value is -1.00. The Morgan fingerprint density at radius 3 is 3.12 bits per heavy atom. The van der Waals surface area contributed by atoms with Crippen LogP contribution in [0.15, 0.2) is 18.3 Å². The van der Waals surface area contributed by atoms with Crippen molar-refractivity contribution in [2.75, 3.05) is 45.2 Å². The first-order chi connectivity index (χ1) is 7.77. The van der Waals surface area contributed by atoms with Crippen molar-refractivity contribution in [1.29, 1.82) is 0 Å². The molecule has 4 heteroatoms. The van der Waals surface area contributed by atoms with Gasteiger partial charge in [-0.1, -0.05) is 0 Å². The van der Waals surface area contributed by atoms with Gasteiger partial charge >= 0.3 is 0 Å². The lowest BCUT2D eigenvalue weighted by molar-refractivity contribution is 0.192. The van der Waals surface area contributed by atoms with Gasteiger partial charge in [0.1, 0.15) is 5.82 Å². The van der Waals surface area contributed by atoms with Gasteiger partial charge in [0, 0.05) is 45.5 Å². The lowest BCUT2D eigenvalue weighted by Gasteiger charge is -2.34. The molecule has 0 saturated carbocycles. The highest BCUT2D eigenvalue weighted by Crippen LogP contribution is 2.11. The van der Waals surface area contributed by atoms with Gasteiger partial charge < -0.3 is 20.1 Å². The third kappa shape index (κ3) is 2.77. The van der Waals surface area contributed by atoms with Crippen LogP contribution in [0.25, 0.3) is 0 Å². The normalized spacial score (nSPS) is 22.2. The lowest BCUT2D eigenvalue weighted by atomic mass is 10.1. The molecule has 1 aromatic heterocycles. The van der Waals surface area contributed by atoms with Crippen molar-refractivity contribution < 1.29 is 0 Å². The number of nitrogens with one attached hydrogen (secondary N) is 2. The predicted molar refractivity (Wildman–Crippen MR) is 68.0 cm³/mol. The molecule has 90 valence electrons. The predicted octanol–water partition coefficient (Wildman–Crippen LogP) is 0.745. The van der Waals surface area contributed by atoms with Gasteiger partial charge in [0.15, 0.2) is 0 Å². The van der Waals surface area contributed by atoms with Crippen LogP contribution in [-0.2, 0) is 0 Å². The van der Waals surface area contributed by atoms with Crippen molar-refractivity contribution in [3.63, 3.8) is 0 Å². The van der Waals surface area contributed by atoms with Crippen LogP contribution >= 0.6 is 0 Å². The zero-order chi connectivity index (χ0) is 11.4. The SMILES string of the molecule is CN(CCC1CNCCN1C)c1ccc[nH]1.